The van der Waals surface area contributed by atoms with Crippen LogP contribution in [-0.2, 0) is 28.6 Å². The van der Waals surface area contributed by atoms with E-state index in [0.717, 1.165) is 31.8 Å². The molecule has 1 heterocycles. The Balaban J connectivity index is 2.94. The van der Waals surface area contributed by atoms with E-state index in [0.29, 0.717) is 6.42 Å². The van der Waals surface area contributed by atoms with E-state index in [-0.39, 0.29) is 12.4 Å². The Morgan fingerprint density at radius 2 is 1.91 bits per heavy atom. The third-order valence-corrected chi connectivity index (χ3v) is 5.06. The van der Waals surface area contributed by atoms with Gasteiger partial charge in [-0.25, -0.2) is 9.79 Å². The Bertz CT molecular complexity index is 723. The Kier molecular flexibility index (Phi) is 12.2. The van der Waals surface area contributed by atoms with Crippen molar-refractivity contribution in [2.24, 2.45) is 16.5 Å². The number of carbonyl (C=O) groups excluding carboxylic acids is 2. The van der Waals surface area contributed by atoms with Crippen molar-refractivity contribution in [3.63, 3.8) is 0 Å². The summed E-state index contributed by atoms with van der Waals surface area (Å²) in [5.41, 5.74) is 10.9. The smallest absolute Gasteiger partial charge is 0.370 e. The topological polar surface area (TPSA) is 196 Å². The van der Waals surface area contributed by atoms with Crippen LogP contribution < -0.4 is 16.8 Å². The van der Waals surface area contributed by atoms with Crippen molar-refractivity contribution < 1.29 is 38.8 Å². The van der Waals surface area contributed by atoms with E-state index in [1.807, 2.05) is 0 Å². The van der Waals surface area contributed by atoms with Gasteiger partial charge in [-0.15, -0.1) is 0 Å². The molecule has 5 atom stereocenters. The van der Waals surface area contributed by atoms with Crippen molar-refractivity contribution >= 4 is 23.8 Å². The molecule has 0 aromatic carbocycles. The van der Waals surface area contributed by atoms with Gasteiger partial charge in [0.15, 0.2) is 12.1 Å². The van der Waals surface area contributed by atoms with Crippen LogP contribution in [0.4, 0.5) is 0 Å². The molecule has 2 unspecified atom stereocenters. The van der Waals surface area contributed by atoms with E-state index in [2.05, 4.69) is 17.2 Å². The molecule has 1 rings (SSSR count). The number of hydrogen-bond acceptors (Lipinski definition) is 8. The fraction of sp³-hybridized carbons (Fsp3) is 0.714. The zero-order valence-corrected chi connectivity index (χ0v) is 19.4. The standard InChI is InChI=1S/C21H36N4O8/c1-4-5-6-7-8-9-16(28)32-11-14(27)18(31-3)19-17(24-12(2)26)13(25-21(22)23)10-15(33-19)20(29)30/h10,13-14,17-19,27H,4-9,11H2,1-3H3,(H,24,26)(H,29,30)(H4,22,23,25)/t13-,14?,17+,18?,19+/m0/s1. The van der Waals surface area contributed by atoms with E-state index in [1.165, 1.54) is 14.0 Å². The zero-order chi connectivity index (χ0) is 25.0. The molecule has 0 spiro atoms. The van der Waals surface area contributed by atoms with Gasteiger partial charge in [0, 0.05) is 20.5 Å². The molecule has 1 aliphatic heterocycles. The Morgan fingerprint density at radius 3 is 2.45 bits per heavy atom. The molecule has 12 nitrogen and oxygen atoms in total. The van der Waals surface area contributed by atoms with Gasteiger partial charge >= 0.3 is 11.9 Å². The van der Waals surface area contributed by atoms with Crippen molar-refractivity contribution in [3.05, 3.63) is 11.8 Å². The summed E-state index contributed by atoms with van der Waals surface area (Å²) < 4.78 is 16.0. The number of aliphatic carboxylic acids is 1. The van der Waals surface area contributed by atoms with E-state index < -0.39 is 60.6 Å². The molecule has 0 aliphatic carbocycles. The molecule has 0 aromatic heterocycles. The monoisotopic (exact) mass is 472 g/mol. The SMILES string of the molecule is CCCCCCCC(=O)OCC(O)C(OC)[C@@H]1OC(C(=O)O)=C[C@H](N=C(N)N)[C@H]1NC(C)=O. The molecular weight excluding hydrogens is 436 g/mol. The molecule has 1 amide bonds. The number of nitrogens with two attached hydrogens (primary N) is 2. The lowest BCUT2D eigenvalue weighted by molar-refractivity contribution is -0.159. The lowest BCUT2D eigenvalue weighted by Crippen LogP contribution is -2.60. The Labute approximate surface area is 193 Å². The molecule has 188 valence electrons. The van der Waals surface area contributed by atoms with Crippen LogP contribution in [0, 0.1) is 0 Å². The largest absolute Gasteiger partial charge is 0.478 e. The summed E-state index contributed by atoms with van der Waals surface area (Å²) in [5.74, 6) is -3.13. The molecule has 0 saturated carbocycles. The van der Waals surface area contributed by atoms with Gasteiger partial charge in [-0.05, 0) is 12.5 Å². The highest BCUT2D eigenvalue weighted by molar-refractivity contribution is 5.85. The van der Waals surface area contributed by atoms with Gasteiger partial charge in [-0.3, -0.25) is 9.59 Å². The number of carboxylic acids is 1. The van der Waals surface area contributed by atoms with Crippen LogP contribution in [0.3, 0.4) is 0 Å². The highest BCUT2D eigenvalue weighted by atomic mass is 16.6. The minimum Gasteiger partial charge on any atom is -0.478 e. The molecule has 0 radical (unpaired) electrons. The maximum Gasteiger partial charge on any atom is 0.370 e. The predicted molar refractivity (Wildman–Crippen MR) is 119 cm³/mol. The molecule has 0 bridgehead atoms. The fourth-order valence-corrected chi connectivity index (χ4v) is 3.53. The second-order valence-electron chi connectivity index (χ2n) is 7.80. The third kappa shape index (κ3) is 9.66. The summed E-state index contributed by atoms with van der Waals surface area (Å²) in [6.45, 7) is 2.95. The second kappa shape index (κ2) is 14.3. The first-order valence-electron chi connectivity index (χ1n) is 10.9. The van der Waals surface area contributed by atoms with Crippen molar-refractivity contribution in [1.29, 1.82) is 0 Å². The normalized spacial score (nSPS) is 21.7. The number of guanidine groups is 1. The lowest BCUT2D eigenvalue weighted by Gasteiger charge is -2.40. The zero-order valence-electron chi connectivity index (χ0n) is 19.4. The Hall–Kier alpha value is -2.86. The van der Waals surface area contributed by atoms with Crippen molar-refractivity contribution in [1.82, 2.24) is 5.32 Å². The highest BCUT2D eigenvalue weighted by Crippen LogP contribution is 2.26. The number of rotatable bonds is 14. The lowest BCUT2D eigenvalue weighted by atomic mass is 9.92. The van der Waals surface area contributed by atoms with Gasteiger partial charge in [0.1, 0.15) is 18.8 Å². The molecule has 0 aromatic rings. The van der Waals surface area contributed by atoms with E-state index in [1.54, 1.807) is 0 Å². The van der Waals surface area contributed by atoms with Gasteiger partial charge in [-0.1, -0.05) is 32.6 Å². The summed E-state index contributed by atoms with van der Waals surface area (Å²) in [6, 6.07) is -1.97. The first-order valence-corrected chi connectivity index (χ1v) is 10.9. The van der Waals surface area contributed by atoms with Crippen molar-refractivity contribution in [2.75, 3.05) is 13.7 Å². The number of ether oxygens (including phenoxy) is 3. The second-order valence-corrected chi connectivity index (χ2v) is 7.80. The molecule has 12 heteroatoms. The Morgan fingerprint density at radius 1 is 1.24 bits per heavy atom. The third-order valence-electron chi connectivity index (χ3n) is 5.06. The number of hydrogen-bond donors (Lipinski definition) is 5. The summed E-state index contributed by atoms with van der Waals surface area (Å²) in [7, 11) is 1.27. The molecule has 1 aliphatic rings. The van der Waals surface area contributed by atoms with Crippen molar-refractivity contribution in [2.45, 2.75) is 82.8 Å². The summed E-state index contributed by atoms with van der Waals surface area (Å²) in [6.07, 6.45) is 2.45. The van der Waals surface area contributed by atoms with Crippen molar-refractivity contribution in [3.8, 4) is 0 Å². The number of nitrogens with zero attached hydrogens (tertiary/aromatic N) is 1. The fourth-order valence-electron chi connectivity index (χ4n) is 3.53. The number of aliphatic hydroxyl groups is 1. The van der Waals surface area contributed by atoms with E-state index in [4.69, 9.17) is 25.7 Å². The van der Waals surface area contributed by atoms with Gasteiger partial charge in [0.2, 0.25) is 11.7 Å². The molecule has 7 N–H and O–H groups in total. The van der Waals surface area contributed by atoms with Gasteiger partial charge in [0.05, 0.1) is 12.1 Å². The van der Waals surface area contributed by atoms with E-state index in [9.17, 15) is 24.6 Å². The van der Waals surface area contributed by atoms with Crippen LogP contribution in [0.5, 0.6) is 0 Å². The van der Waals surface area contributed by atoms with Gasteiger partial charge in [0.25, 0.3) is 0 Å². The summed E-state index contributed by atoms with van der Waals surface area (Å²) in [5, 5.41) is 22.7. The first kappa shape index (κ1) is 28.2. The number of methoxy groups -OCH3 is 1. The van der Waals surface area contributed by atoms with Crippen LogP contribution in [0.25, 0.3) is 0 Å². The first-order chi connectivity index (χ1) is 15.6. The number of aliphatic imine (C=N–C) groups is 1. The molecule has 0 fully saturated rings. The number of carboxylic acid groups (broad SMARTS) is 1. The minimum absolute atomic E-state index is 0.223. The number of carbonyl (C=O) groups is 3. The van der Waals surface area contributed by atoms with Gasteiger partial charge < -0.3 is 41.2 Å². The maximum atomic E-state index is 12.0. The highest BCUT2D eigenvalue weighted by Gasteiger charge is 2.45. The number of unbranched alkanes of at least 4 members (excludes halogenated alkanes) is 4. The quantitative estimate of drug-likeness (QED) is 0.0975. The molecule has 33 heavy (non-hydrogen) atoms. The average molecular weight is 473 g/mol. The van der Waals surface area contributed by atoms with E-state index >= 15 is 0 Å². The van der Waals surface area contributed by atoms with Crippen LogP contribution in [0.1, 0.15) is 52.4 Å². The predicted octanol–water partition coefficient (Wildman–Crippen LogP) is -0.220. The van der Waals surface area contributed by atoms with Crippen LogP contribution in [0.2, 0.25) is 0 Å². The average Bonchev–Trinajstić information content (AvgIpc) is 2.73. The molecular formula is C21H36N4O8. The number of nitrogens with one attached hydrogen (secondary N) is 1. The summed E-state index contributed by atoms with van der Waals surface area (Å²) >= 11 is 0. The maximum absolute atomic E-state index is 12.0. The van der Waals surface area contributed by atoms with Gasteiger partial charge in [-0.2, -0.15) is 0 Å². The number of esters is 1. The number of aliphatic hydroxyl groups excluding tert-OH is 1. The van der Waals surface area contributed by atoms with Crippen LogP contribution in [0.15, 0.2) is 16.8 Å². The molecule has 0 saturated heterocycles. The van der Waals surface area contributed by atoms with Crippen LogP contribution in [-0.4, -0.2) is 78.1 Å². The van der Waals surface area contributed by atoms with Crippen LogP contribution >= 0.6 is 0 Å². The summed E-state index contributed by atoms with van der Waals surface area (Å²) in [4.78, 5) is 39.3. The minimum atomic E-state index is -1.39. The number of amides is 1.